The summed E-state index contributed by atoms with van der Waals surface area (Å²) in [5.41, 5.74) is 2.50. The van der Waals surface area contributed by atoms with E-state index in [1.807, 2.05) is 24.3 Å². The van der Waals surface area contributed by atoms with Gasteiger partial charge in [0.1, 0.15) is 6.04 Å². The fraction of sp³-hybridized carbons (Fsp3) is 0.346. The van der Waals surface area contributed by atoms with Gasteiger partial charge in [-0.05, 0) is 66.8 Å². The van der Waals surface area contributed by atoms with Crippen LogP contribution < -0.4 is 10.2 Å². The van der Waals surface area contributed by atoms with Gasteiger partial charge in [0, 0.05) is 24.1 Å². The number of carbonyl (C=O) groups is 2. The number of benzene rings is 1. The maximum atomic E-state index is 13.7. The van der Waals surface area contributed by atoms with Crippen molar-refractivity contribution in [2.24, 2.45) is 0 Å². The number of carbonyl (C=O) groups excluding carboxylic acids is 2. The second-order valence-corrected chi connectivity index (χ2v) is 8.20. The maximum Gasteiger partial charge on any atom is 0.294 e. The molecule has 0 saturated heterocycles. The molecule has 1 N–H and O–H groups in total. The van der Waals surface area contributed by atoms with Crippen molar-refractivity contribution >= 4 is 17.5 Å². The topological polar surface area (TPSA) is 75.4 Å². The molecule has 0 bridgehead atoms. The second kappa shape index (κ2) is 10.3. The lowest BCUT2D eigenvalue weighted by Crippen LogP contribution is -2.47. The Hall–Kier alpha value is -3.41. The normalized spacial score (nSPS) is 15.2. The van der Waals surface area contributed by atoms with Gasteiger partial charge in [0.2, 0.25) is 5.91 Å². The van der Waals surface area contributed by atoms with Crippen LogP contribution in [0.2, 0.25) is 0 Å². The molecule has 2 heterocycles. The van der Waals surface area contributed by atoms with E-state index in [9.17, 15) is 9.59 Å². The molecule has 0 spiro atoms. The number of aromatic nitrogens is 1. The highest BCUT2D eigenvalue weighted by atomic mass is 16.3. The maximum absolute atomic E-state index is 13.7. The SMILES string of the molecule is CCc1ccc(N(C(=O)c2ccco2)C(C(=O)NC2CCCCC2)c2ccncc2)cc1. The molecule has 1 saturated carbocycles. The van der Waals surface area contributed by atoms with E-state index in [0.29, 0.717) is 11.3 Å². The number of hydrogen-bond acceptors (Lipinski definition) is 4. The van der Waals surface area contributed by atoms with Gasteiger partial charge in [-0.2, -0.15) is 0 Å². The summed E-state index contributed by atoms with van der Waals surface area (Å²) < 4.78 is 5.42. The summed E-state index contributed by atoms with van der Waals surface area (Å²) in [6, 6.07) is 13.9. The summed E-state index contributed by atoms with van der Waals surface area (Å²) in [7, 11) is 0. The van der Waals surface area contributed by atoms with Crippen LogP contribution in [0.5, 0.6) is 0 Å². The first kappa shape index (κ1) is 21.8. The van der Waals surface area contributed by atoms with Crippen molar-refractivity contribution in [3.05, 3.63) is 84.1 Å². The average Bonchev–Trinajstić information content (AvgIpc) is 3.38. The van der Waals surface area contributed by atoms with Gasteiger partial charge in [-0.1, -0.05) is 38.3 Å². The Labute approximate surface area is 188 Å². The van der Waals surface area contributed by atoms with Gasteiger partial charge >= 0.3 is 0 Å². The Kier molecular flexibility index (Phi) is 7.00. The van der Waals surface area contributed by atoms with Gasteiger partial charge < -0.3 is 9.73 Å². The molecule has 1 unspecified atom stereocenters. The molecule has 1 fully saturated rings. The molecule has 3 aromatic rings. The van der Waals surface area contributed by atoms with E-state index in [-0.39, 0.29) is 23.6 Å². The molecular weight excluding hydrogens is 402 g/mol. The number of aryl methyl sites for hydroxylation is 1. The lowest BCUT2D eigenvalue weighted by atomic mass is 9.94. The molecule has 32 heavy (non-hydrogen) atoms. The van der Waals surface area contributed by atoms with Crippen LogP contribution >= 0.6 is 0 Å². The number of pyridine rings is 1. The fourth-order valence-electron chi connectivity index (χ4n) is 4.29. The molecule has 4 rings (SSSR count). The molecular formula is C26H29N3O3. The Bertz CT molecular complexity index is 1010. The summed E-state index contributed by atoms with van der Waals surface area (Å²) in [5.74, 6) is -0.364. The minimum Gasteiger partial charge on any atom is -0.459 e. The van der Waals surface area contributed by atoms with Crippen molar-refractivity contribution in [2.45, 2.75) is 57.5 Å². The smallest absolute Gasteiger partial charge is 0.294 e. The van der Waals surface area contributed by atoms with Gasteiger partial charge in [-0.15, -0.1) is 0 Å². The van der Waals surface area contributed by atoms with E-state index >= 15 is 0 Å². The van der Waals surface area contributed by atoms with Gasteiger partial charge in [0.15, 0.2) is 5.76 Å². The molecule has 1 aliphatic rings. The number of furan rings is 1. The van der Waals surface area contributed by atoms with Crippen molar-refractivity contribution in [3.8, 4) is 0 Å². The van der Waals surface area contributed by atoms with Crippen LogP contribution in [0.15, 0.2) is 71.6 Å². The zero-order valence-electron chi connectivity index (χ0n) is 18.4. The van der Waals surface area contributed by atoms with Crippen molar-refractivity contribution in [1.82, 2.24) is 10.3 Å². The van der Waals surface area contributed by atoms with Crippen LogP contribution in [0, 0.1) is 0 Å². The predicted molar refractivity (Wildman–Crippen MR) is 123 cm³/mol. The van der Waals surface area contributed by atoms with E-state index < -0.39 is 6.04 Å². The monoisotopic (exact) mass is 431 g/mol. The summed E-state index contributed by atoms with van der Waals surface area (Å²) in [5, 5.41) is 3.21. The van der Waals surface area contributed by atoms with E-state index in [2.05, 4.69) is 17.2 Å². The number of hydrogen-bond donors (Lipinski definition) is 1. The second-order valence-electron chi connectivity index (χ2n) is 8.20. The number of amides is 2. The van der Waals surface area contributed by atoms with Gasteiger partial charge in [0.25, 0.3) is 5.91 Å². The quantitative estimate of drug-likeness (QED) is 0.566. The zero-order chi connectivity index (χ0) is 22.3. The Morgan fingerprint density at radius 3 is 2.41 bits per heavy atom. The third-order valence-corrected chi connectivity index (χ3v) is 6.05. The number of rotatable bonds is 7. The van der Waals surface area contributed by atoms with Crippen LogP contribution in [-0.4, -0.2) is 22.8 Å². The van der Waals surface area contributed by atoms with Crippen molar-refractivity contribution < 1.29 is 14.0 Å². The van der Waals surface area contributed by atoms with Crippen LogP contribution in [0.4, 0.5) is 5.69 Å². The summed E-state index contributed by atoms with van der Waals surface area (Å²) >= 11 is 0. The number of nitrogens with zero attached hydrogens (tertiary/aromatic N) is 2. The minimum atomic E-state index is -0.843. The summed E-state index contributed by atoms with van der Waals surface area (Å²) in [4.78, 5) is 32.9. The molecule has 1 aromatic carbocycles. The van der Waals surface area contributed by atoms with Gasteiger partial charge in [-0.3, -0.25) is 19.5 Å². The highest BCUT2D eigenvalue weighted by molar-refractivity contribution is 6.08. The summed E-state index contributed by atoms with van der Waals surface area (Å²) in [6.07, 6.45) is 11.0. The van der Waals surface area contributed by atoms with E-state index in [1.165, 1.54) is 17.6 Å². The highest BCUT2D eigenvalue weighted by Crippen LogP contribution is 2.31. The van der Waals surface area contributed by atoms with Gasteiger partial charge in [0.05, 0.1) is 6.26 Å². The van der Waals surface area contributed by atoms with Crippen molar-refractivity contribution in [1.29, 1.82) is 0 Å². The lowest BCUT2D eigenvalue weighted by Gasteiger charge is -2.33. The van der Waals surface area contributed by atoms with Gasteiger partial charge in [-0.25, -0.2) is 0 Å². The average molecular weight is 432 g/mol. The molecule has 0 aliphatic heterocycles. The van der Waals surface area contributed by atoms with Crippen molar-refractivity contribution in [3.63, 3.8) is 0 Å². The van der Waals surface area contributed by atoms with Crippen LogP contribution in [0.1, 0.15) is 66.8 Å². The predicted octanol–water partition coefficient (Wildman–Crippen LogP) is 5.07. The largest absolute Gasteiger partial charge is 0.459 e. The summed E-state index contributed by atoms with van der Waals surface area (Å²) in [6.45, 7) is 2.08. The zero-order valence-corrected chi connectivity index (χ0v) is 18.4. The number of anilines is 1. The Morgan fingerprint density at radius 1 is 1.06 bits per heavy atom. The minimum absolute atomic E-state index is 0.128. The molecule has 166 valence electrons. The molecule has 2 aromatic heterocycles. The molecule has 0 radical (unpaired) electrons. The Balaban J connectivity index is 1.76. The van der Waals surface area contributed by atoms with Crippen LogP contribution in [0.3, 0.4) is 0 Å². The fourth-order valence-corrected chi connectivity index (χ4v) is 4.29. The Morgan fingerprint density at radius 2 is 1.78 bits per heavy atom. The first-order chi connectivity index (χ1) is 15.7. The van der Waals surface area contributed by atoms with E-state index in [4.69, 9.17) is 4.42 Å². The third kappa shape index (κ3) is 4.90. The van der Waals surface area contributed by atoms with Crippen molar-refractivity contribution in [2.75, 3.05) is 4.90 Å². The molecule has 2 amide bonds. The molecule has 6 heteroatoms. The molecule has 1 atom stereocenters. The van der Waals surface area contributed by atoms with E-state index in [1.54, 1.807) is 36.7 Å². The highest BCUT2D eigenvalue weighted by Gasteiger charge is 2.35. The van der Waals surface area contributed by atoms with Crippen LogP contribution in [-0.2, 0) is 11.2 Å². The molecule has 1 aliphatic carbocycles. The number of nitrogens with one attached hydrogen (secondary N) is 1. The lowest BCUT2D eigenvalue weighted by molar-refractivity contribution is -0.123. The standard InChI is InChI=1S/C26H29N3O3/c1-2-19-10-12-22(13-11-19)29(26(31)23-9-6-18-32-23)24(20-14-16-27-17-15-20)25(30)28-21-7-4-3-5-8-21/h6,9-18,21,24H,2-5,7-8H2,1H3,(H,28,30). The van der Waals surface area contributed by atoms with Crippen LogP contribution in [0.25, 0.3) is 0 Å². The third-order valence-electron chi connectivity index (χ3n) is 6.05. The van der Waals surface area contributed by atoms with E-state index in [0.717, 1.165) is 37.7 Å². The first-order valence-electron chi connectivity index (χ1n) is 11.3. The molecule has 6 nitrogen and oxygen atoms in total. The first-order valence-corrected chi connectivity index (χ1v) is 11.3.